The number of hydrogen-bond acceptors (Lipinski definition) is 1. The first-order valence-electron chi connectivity index (χ1n) is 23.6. The molecular weight excluding hydrogens is 807 g/mol. The third kappa shape index (κ3) is 6.68. The Balaban J connectivity index is 1.01. The first-order valence-corrected chi connectivity index (χ1v) is 23.6. The van der Waals surface area contributed by atoms with Crippen LogP contribution >= 0.6 is 0 Å². The highest BCUT2D eigenvalue weighted by atomic mass is 15.1. The topological polar surface area (TPSA) is 3.24 Å². The molecule has 0 heterocycles. The second-order valence-corrected chi connectivity index (χ2v) is 19.3. The molecule has 0 bridgehead atoms. The molecule has 0 atom stereocenters. The summed E-state index contributed by atoms with van der Waals surface area (Å²) in [6.07, 6.45) is 0. The number of anilines is 3. The van der Waals surface area contributed by atoms with Gasteiger partial charge in [0.05, 0.1) is 5.69 Å². The zero-order valence-corrected chi connectivity index (χ0v) is 38.5. The van der Waals surface area contributed by atoms with Gasteiger partial charge in [-0.1, -0.05) is 228 Å². The number of nitrogens with zero attached hydrogens (tertiary/aromatic N) is 1. The molecule has 12 rings (SSSR count). The van der Waals surface area contributed by atoms with E-state index < -0.39 is 0 Å². The van der Waals surface area contributed by atoms with Crippen LogP contribution in [0.4, 0.5) is 17.1 Å². The minimum atomic E-state index is -0.238. The van der Waals surface area contributed by atoms with Gasteiger partial charge in [0, 0.05) is 27.8 Å². The van der Waals surface area contributed by atoms with Gasteiger partial charge in [-0.15, -0.1) is 0 Å². The highest BCUT2D eigenvalue weighted by molar-refractivity contribution is 5.97. The molecule has 0 N–H and O–H groups in total. The van der Waals surface area contributed by atoms with E-state index in [1.165, 1.54) is 100 Å². The molecule has 10 aromatic carbocycles. The Hall–Kier alpha value is -8.00. The van der Waals surface area contributed by atoms with Crippen molar-refractivity contribution in [1.29, 1.82) is 0 Å². The lowest BCUT2D eigenvalue weighted by Gasteiger charge is -2.31. The van der Waals surface area contributed by atoms with Crippen molar-refractivity contribution < 1.29 is 0 Å². The van der Waals surface area contributed by atoms with Gasteiger partial charge in [-0.05, 0) is 131 Å². The smallest absolute Gasteiger partial charge is 0.0540 e. The van der Waals surface area contributed by atoms with Crippen LogP contribution < -0.4 is 4.90 Å². The van der Waals surface area contributed by atoms with E-state index in [9.17, 15) is 0 Å². The highest BCUT2D eigenvalue weighted by Crippen LogP contribution is 2.56. The maximum Gasteiger partial charge on any atom is 0.0540 e. The average molecular weight is 858 g/mol. The van der Waals surface area contributed by atoms with Gasteiger partial charge in [0.15, 0.2) is 0 Å². The molecule has 2 aliphatic carbocycles. The van der Waals surface area contributed by atoms with Crippen LogP contribution in [0, 0.1) is 0 Å². The van der Waals surface area contributed by atoms with Gasteiger partial charge in [-0.2, -0.15) is 0 Å². The molecule has 2 aliphatic rings. The molecule has 1 nitrogen and oxygen atoms in total. The predicted octanol–water partition coefficient (Wildman–Crippen LogP) is 18.1. The first-order chi connectivity index (χ1) is 32.8. The van der Waals surface area contributed by atoms with Crippen LogP contribution in [-0.4, -0.2) is 0 Å². The van der Waals surface area contributed by atoms with Crippen molar-refractivity contribution in [3.05, 3.63) is 259 Å². The Kier molecular flexibility index (Phi) is 9.59. The van der Waals surface area contributed by atoms with Gasteiger partial charge in [0.2, 0.25) is 0 Å². The molecule has 0 amide bonds. The van der Waals surface area contributed by atoms with Crippen molar-refractivity contribution >= 4 is 17.1 Å². The van der Waals surface area contributed by atoms with Crippen molar-refractivity contribution in [1.82, 2.24) is 0 Å². The van der Waals surface area contributed by atoms with Crippen molar-refractivity contribution in [2.45, 2.75) is 38.5 Å². The molecule has 0 aliphatic heterocycles. The Morgan fingerprint density at radius 2 is 0.672 bits per heavy atom. The van der Waals surface area contributed by atoms with E-state index in [4.69, 9.17) is 0 Å². The molecule has 1 heteroatoms. The van der Waals surface area contributed by atoms with Crippen LogP contribution in [0.15, 0.2) is 237 Å². The number of hydrogen-bond donors (Lipinski definition) is 0. The van der Waals surface area contributed by atoms with Crippen molar-refractivity contribution in [3.8, 4) is 77.9 Å². The lowest BCUT2D eigenvalue weighted by molar-refractivity contribution is 0.660. The average Bonchev–Trinajstić information content (AvgIpc) is 3.76. The fourth-order valence-electron chi connectivity index (χ4n) is 11.2. The van der Waals surface area contributed by atoms with E-state index in [2.05, 4.69) is 269 Å². The molecule has 0 radical (unpaired) electrons. The zero-order valence-electron chi connectivity index (χ0n) is 38.5. The molecule has 67 heavy (non-hydrogen) atoms. The molecule has 0 aromatic heterocycles. The number of benzene rings is 10. The summed E-state index contributed by atoms with van der Waals surface area (Å²) >= 11 is 0. The van der Waals surface area contributed by atoms with E-state index in [1.807, 2.05) is 0 Å². The second kappa shape index (κ2) is 15.9. The Morgan fingerprint density at radius 1 is 0.254 bits per heavy atom. The maximum atomic E-state index is 2.52. The lowest BCUT2D eigenvalue weighted by atomic mass is 9.81. The fourth-order valence-corrected chi connectivity index (χ4v) is 11.2. The van der Waals surface area contributed by atoms with Gasteiger partial charge in [0.25, 0.3) is 0 Å². The fraction of sp³-hybridized carbons (Fsp3) is 0.0909. The van der Waals surface area contributed by atoms with Crippen molar-refractivity contribution in [3.63, 3.8) is 0 Å². The van der Waals surface area contributed by atoms with E-state index in [0.29, 0.717) is 0 Å². The molecule has 0 spiro atoms. The highest BCUT2D eigenvalue weighted by Gasteiger charge is 2.39. The van der Waals surface area contributed by atoms with Crippen molar-refractivity contribution in [2.24, 2.45) is 0 Å². The van der Waals surface area contributed by atoms with Crippen LogP contribution in [0.1, 0.15) is 49.9 Å². The van der Waals surface area contributed by atoms with Crippen LogP contribution in [0.5, 0.6) is 0 Å². The molecule has 320 valence electrons. The molecule has 10 aromatic rings. The van der Waals surface area contributed by atoms with E-state index >= 15 is 0 Å². The summed E-state index contributed by atoms with van der Waals surface area (Å²) in [5, 5.41) is 0. The predicted molar refractivity (Wildman–Crippen MR) is 283 cm³/mol. The Labute approximate surface area is 395 Å². The van der Waals surface area contributed by atoms with Gasteiger partial charge in [0.1, 0.15) is 0 Å². The standard InChI is InChI=1S/C66H51N/c1-65(2)59-29-17-16-27-55(59)56-38-36-50(42-61(56)65)67(63-40-35-49(44-19-8-5-9-20-44)41-58(63)46-23-12-7-13-24-46)51-37-39-57-62(43-51)66(3,4)60-30-18-28-54(64(57)60)48-33-31-47(32-34-48)53-26-15-14-25-52(53)45-21-10-6-11-22-45/h5-43H,1-4H3. The van der Waals surface area contributed by atoms with E-state index in [0.717, 1.165) is 17.1 Å². The van der Waals surface area contributed by atoms with Crippen LogP contribution in [0.3, 0.4) is 0 Å². The zero-order chi connectivity index (χ0) is 45.3. The summed E-state index contributed by atoms with van der Waals surface area (Å²) in [7, 11) is 0. The summed E-state index contributed by atoms with van der Waals surface area (Å²) in [5.74, 6) is 0. The lowest BCUT2D eigenvalue weighted by Crippen LogP contribution is -2.18. The third-order valence-electron chi connectivity index (χ3n) is 14.7. The molecule has 0 unspecified atom stereocenters. The SMILES string of the molecule is CC1(C)c2ccccc2-c2ccc(N(c3ccc4c(c3)C(C)(C)c3cccc(-c5ccc(-c6ccccc6-c6ccccc6)cc5)c3-4)c3ccc(-c4ccccc4)cc3-c3ccccc3)cc21. The van der Waals surface area contributed by atoms with Crippen molar-refractivity contribution in [2.75, 3.05) is 4.90 Å². The molecule has 0 saturated heterocycles. The monoisotopic (exact) mass is 857 g/mol. The summed E-state index contributed by atoms with van der Waals surface area (Å²) in [5.41, 5.74) is 25.9. The van der Waals surface area contributed by atoms with Crippen LogP contribution in [0.2, 0.25) is 0 Å². The normalized spacial score (nSPS) is 13.6. The van der Waals surface area contributed by atoms with Crippen LogP contribution in [0.25, 0.3) is 77.9 Å². The minimum Gasteiger partial charge on any atom is -0.310 e. The van der Waals surface area contributed by atoms with E-state index in [1.54, 1.807) is 0 Å². The summed E-state index contributed by atoms with van der Waals surface area (Å²) < 4.78 is 0. The van der Waals surface area contributed by atoms with Gasteiger partial charge < -0.3 is 4.90 Å². The Morgan fingerprint density at radius 3 is 1.30 bits per heavy atom. The summed E-state index contributed by atoms with van der Waals surface area (Å²) in [6.45, 7) is 9.55. The quantitative estimate of drug-likeness (QED) is 0.147. The first kappa shape index (κ1) is 40.5. The van der Waals surface area contributed by atoms with E-state index in [-0.39, 0.29) is 10.8 Å². The summed E-state index contributed by atoms with van der Waals surface area (Å²) in [6, 6.07) is 87.5. The maximum absolute atomic E-state index is 2.52. The number of fused-ring (bicyclic) bond motifs is 6. The Bertz CT molecular complexity index is 3490. The minimum absolute atomic E-state index is 0.144. The molecular formula is C66H51N. The number of rotatable bonds is 8. The molecule has 0 saturated carbocycles. The largest absolute Gasteiger partial charge is 0.310 e. The van der Waals surface area contributed by atoms with Gasteiger partial charge >= 0.3 is 0 Å². The third-order valence-corrected chi connectivity index (χ3v) is 14.7. The van der Waals surface area contributed by atoms with Crippen LogP contribution in [-0.2, 0) is 10.8 Å². The molecule has 0 fully saturated rings. The summed E-state index contributed by atoms with van der Waals surface area (Å²) in [4.78, 5) is 2.52. The second-order valence-electron chi connectivity index (χ2n) is 19.3. The van der Waals surface area contributed by atoms with Gasteiger partial charge in [-0.25, -0.2) is 0 Å². The van der Waals surface area contributed by atoms with Gasteiger partial charge in [-0.3, -0.25) is 0 Å².